The van der Waals surface area contributed by atoms with E-state index in [4.69, 9.17) is 4.74 Å². The van der Waals surface area contributed by atoms with Crippen LogP contribution in [0.3, 0.4) is 0 Å². The third kappa shape index (κ3) is 3.89. The first-order chi connectivity index (χ1) is 14.7. The van der Waals surface area contributed by atoms with Crippen molar-refractivity contribution in [3.05, 3.63) is 64.8 Å². The van der Waals surface area contributed by atoms with Gasteiger partial charge in [0.25, 0.3) is 0 Å². The Hall–Kier alpha value is -2.57. The minimum Gasteiger partial charge on any atom is -0.409 e. The lowest BCUT2D eigenvalue weighted by molar-refractivity contribution is 0.161. The van der Waals surface area contributed by atoms with Gasteiger partial charge in [0.1, 0.15) is 5.75 Å². The molecule has 2 aliphatic rings. The van der Waals surface area contributed by atoms with Crippen LogP contribution in [0.2, 0.25) is 0 Å². The second kappa shape index (κ2) is 8.28. The zero-order valence-corrected chi connectivity index (χ0v) is 18.2. The first-order valence-electron chi connectivity index (χ1n) is 10.5. The van der Waals surface area contributed by atoms with E-state index in [0.717, 1.165) is 34.0 Å². The number of para-hydroxylation sites is 1. The number of aromatic amines is 1. The van der Waals surface area contributed by atoms with Crippen molar-refractivity contribution < 1.29 is 9.53 Å². The molecule has 0 aliphatic carbocycles. The van der Waals surface area contributed by atoms with Crippen LogP contribution in [0.4, 0.5) is 10.5 Å². The molecule has 0 saturated carbocycles. The van der Waals surface area contributed by atoms with E-state index in [0.29, 0.717) is 11.8 Å². The Kier molecular flexibility index (Phi) is 5.35. The molecule has 5 nitrogen and oxygen atoms in total. The standard InChI is InChI=1S/C24H24BrN3O2/c25-21-6-1-2-7-23(21)30-24(29)27-17-8-9-22-19(14-17)20(15-26-22)16-10-12-28-11-4-3-5-18(28)13-16/h1-2,6-10,14-15,18,26H,3-5,11-13H2,(H,27,29). The lowest BCUT2D eigenvalue weighted by Crippen LogP contribution is -2.41. The van der Waals surface area contributed by atoms with E-state index in [1.165, 1.54) is 36.9 Å². The predicted octanol–water partition coefficient (Wildman–Crippen LogP) is 6.18. The van der Waals surface area contributed by atoms with E-state index in [1.54, 1.807) is 6.07 Å². The summed E-state index contributed by atoms with van der Waals surface area (Å²) in [5, 5.41) is 3.98. The number of rotatable bonds is 3. The monoisotopic (exact) mass is 465 g/mol. The van der Waals surface area contributed by atoms with Gasteiger partial charge < -0.3 is 9.72 Å². The van der Waals surface area contributed by atoms with Crippen molar-refractivity contribution in [1.29, 1.82) is 0 Å². The third-order valence-corrected chi connectivity index (χ3v) is 6.75. The number of piperidine rings is 1. The zero-order valence-electron chi connectivity index (χ0n) is 16.7. The minimum absolute atomic E-state index is 0.489. The first kappa shape index (κ1) is 19.4. The van der Waals surface area contributed by atoms with Crippen LogP contribution < -0.4 is 10.1 Å². The normalized spacial score (nSPS) is 19.2. The van der Waals surface area contributed by atoms with E-state index in [-0.39, 0.29) is 0 Å². The van der Waals surface area contributed by atoms with Gasteiger partial charge in [-0.2, -0.15) is 0 Å². The number of ether oxygens (including phenoxy) is 1. The first-order valence-corrected chi connectivity index (χ1v) is 11.2. The highest BCUT2D eigenvalue weighted by atomic mass is 79.9. The molecule has 5 rings (SSSR count). The molecule has 6 heteroatoms. The Labute approximate surface area is 184 Å². The fraction of sp³-hybridized carbons (Fsp3) is 0.292. The summed E-state index contributed by atoms with van der Waals surface area (Å²) in [4.78, 5) is 18.4. The van der Waals surface area contributed by atoms with E-state index < -0.39 is 6.09 Å². The largest absolute Gasteiger partial charge is 0.417 e. The van der Waals surface area contributed by atoms with Gasteiger partial charge in [-0.25, -0.2) is 4.79 Å². The second-order valence-corrected chi connectivity index (χ2v) is 8.84. The summed E-state index contributed by atoms with van der Waals surface area (Å²) in [6.07, 6.45) is 8.98. The van der Waals surface area contributed by atoms with Crippen LogP contribution in [0.1, 0.15) is 31.2 Å². The van der Waals surface area contributed by atoms with Gasteiger partial charge in [-0.3, -0.25) is 10.2 Å². The SMILES string of the molecule is O=C(Nc1ccc2[nH]cc(C3=CCN4CCCCC4C3)c2c1)Oc1ccccc1Br. The molecule has 0 radical (unpaired) electrons. The van der Waals surface area contributed by atoms with E-state index in [9.17, 15) is 4.79 Å². The van der Waals surface area contributed by atoms with Crippen molar-refractivity contribution in [3.8, 4) is 5.75 Å². The Bertz CT molecular complexity index is 1120. The quantitative estimate of drug-likeness (QED) is 0.485. The number of H-pyrrole nitrogens is 1. The zero-order chi connectivity index (χ0) is 20.5. The van der Waals surface area contributed by atoms with Crippen LogP contribution in [-0.2, 0) is 0 Å². The minimum atomic E-state index is -0.506. The molecule has 30 heavy (non-hydrogen) atoms. The average Bonchev–Trinajstić information content (AvgIpc) is 3.18. The number of nitrogens with zero attached hydrogens (tertiary/aromatic N) is 1. The van der Waals surface area contributed by atoms with Crippen LogP contribution in [0.5, 0.6) is 5.75 Å². The van der Waals surface area contributed by atoms with Gasteiger partial charge in [0.05, 0.1) is 4.47 Å². The molecule has 1 fully saturated rings. The summed E-state index contributed by atoms with van der Waals surface area (Å²) in [6, 6.07) is 13.9. The van der Waals surface area contributed by atoms with Gasteiger partial charge in [-0.05, 0) is 77.6 Å². The van der Waals surface area contributed by atoms with Gasteiger partial charge in [0.2, 0.25) is 0 Å². The Morgan fingerprint density at radius 3 is 3.00 bits per heavy atom. The maximum Gasteiger partial charge on any atom is 0.417 e. The molecule has 3 heterocycles. The third-order valence-electron chi connectivity index (χ3n) is 6.09. The molecule has 154 valence electrons. The van der Waals surface area contributed by atoms with E-state index >= 15 is 0 Å². The van der Waals surface area contributed by atoms with Crippen molar-refractivity contribution in [2.45, 2.75) is 31.7 Å². The van der Waals surface area contributed by atoms with Crippen LogP contribution in [0, 0.1) is 0 Å². The number of carbonyl (C=O) groups is 1. The highest BCUT2D eigenvalue weighted by molar-refractivity contribution is 9.10. The van der Waals surface area contributed by atoms with Gasteiger partial charge in [0.15, 0.2) is 0 Å². The number of anilines is 1. The second-order valence-electron chi connectivity index (χ2n) is 7.99. The van der Waals surface area contributed by atoms with E-state index in [1.807, 2.05) is 36.4 Å². The van der Waals surface area contributed by atoms with E-state index in [2.05, 4.69) is 43.4 Å². The van der Waals surface area contributed by atoms with Gasteiger partial charge in [-0.15, -0.1) is 0 Å². The summed E-state index contributed by atoms with van der Waals surface area (Å²) < 4.78 is 6.17. The summed E-state index contributed by atoms with van der Waals surface area (Å²) in [5.41, 5.74) is 4.42. The lowest BCUT2D eigenvalue weighted by atomic mass is 9.89. The number of hydrogen-bond acceptors (Lipinski definition) is 3. The van der Waals surface area contributed by atoms with Crippen LogP contribution in [-0.4, -0.2) is 35.1 Å². The Morgan fingerprint density at radius 2 is 2.10 bits per heavy atom. The molecule has 2 N–H and O–H groups in total. The lowest BCUT2D eigenvalue weighted by Gasteiger charge is -2.38. The smallest absolute Gasteiger partial charge is 0.409 e. The number of fused-ring (bicyclic) bond motifs is 2. The van der Waals surface area contributed by atoms with Crippen LogP contribution >= 0.6 is 15.9 Å². The summed E-state index contributed by atoms with van der Waals surface area (Å²) in [6.45, 7) is 2.25. The number of benzene rings is 2. The number of carbonyl (C=O) groups excluding carboxylic acids is 1. The molecule has 3 aromatic rings. The molecular formula is C24H24BrN3O2. The molecule has 1 unspecified atom stereocenters. The van der Waals surface area contributed by atoms with Crippen molar-refractivity contribution >= 4 is 44.2 Å². The highest BCUT2D eigenvalue weighted by Gasteiger charge is 2.27. The molecule has 1 atom stereocenters. The number of halogens is 1. The van der Waals surface area contributed by atoms with Gasteiger partial charge >= 0.3 is 6.09 Å². The number of amides is 1. The number of aromatic nitrogens is 1. The van der Waals surface area contributed by atoms with Gasteiger partial charge in [-0.1, -0.05) is 24.6 Å². The number of hydrogen-bond donors (Lipinski definition) is 2. The summed E-state index contributed by atoms with van der Waals surface area (Å²) >= 11 is 3.40. The summed E-state index contributed by atoms with van der Waals surface area (Å²) in [5.74, 6) is 0.489. The van der Waals surface area contributed by atoms with Gasteiger partial charge in [0, 0.05) is 40.9 Å². The Balaban J connectivity index is 1.36. The molecular weight excluding hydrogens is 442 g/mol. The summed E-state index contributed by atoms with van der Waals surface area (Å²) in [7, 11) is 0. The maximum atomic E-state index is 12.4. The van der Waals surface area contributed by atoms with Crippen LogP contribution in [0.25, 0.3) is 16.5 Å². The topological polar surface area (TPSA) is 57.4 Å². The highest BCUT2D eigenvalue weighted by Crippen LogP contribution is 2.35. The fourth-order valence-electron chi connectivity index (χ4n) is 4.55. The molecule has 1 aromatic heterocycles. The Morgan fingerprint density at radius 1 is 1.20 bits per heavy atom. The average molecular weight is 466 g/mol. The number of nitrogens with one attached hydrogen (secondary N) is 2. The predicted molar refractivity (Wildman–Crippen MR) is 124 cm³/mol. The molecule has 2 aromatic carbocycles. The molecule has 2 aliphatic heterocycles. The molecule has 0 bridgehead atoms. The van der Waals surface area contributed by atoms with Crippen molar-refractivity contribution in [2.75, 3.05) is 18.4 Å². The van der Waals surface area contributed by atoms with Crippen molar-refractivity contribution in [1.82, 2.24) is 9.88 Å². The maximum absolute atomic E-state index is 12.4. The van der Waals surface area contributed by atoms with Crippen LogP contribution in [0.15, 0.2) is 59.2 Å². The fourth-order valence-corrected chi connectivity index (χ4v) is 4.92. The van der Waals surface area contributed by atoms with Crippen molar-refractivity contribution in [3.63, 3.8) is 0 Å². The molecule has 1 saturated heterocycles. The molecule has 0 spiro atoms. The van der Waals surface area contributed by atoms with Crippen molar-refractivity contribution in [2.24, 2.45) is 0 Å². The molecule has 1 amide bonds.